The minimum atomic E-state index is 0.808. The first-order valence-corrected chi connectivity index (χ1v) is 6.65. The van der Waals surface area contributed by atoms with E-state index >= 15 is 0 Å². The van der Waals surface area contributed by atoms with Crippen LogP contribution in [-0.4, -0.2) is 24.0 Å². The summed E-state index contributed by atoms with van der Waals surface area (Å²) < 4.78 is 0. The summed E-state index contributed by atoms with van der Waals surface area (Å²) in [5.41, 5.74) is 0.808. The van der Waals surface area contributed by atoms with Crippen molar-refractivity contribution < 1.29 is 0 Å². The van der Waals surface area contributed by atoms with Gasteiger partial charge in [0.15, 0.2) is 0 Å². The van der Waals surface area contributed by atoms with E-state index in [4.69, 9.17) is 0 Å². The lowest BCUT2D eigenvalue weighted by atomic mass is 9.57. The van der Waals surface area contributed by atoms with Crippen LogP contribution in [0.5, 0.6) is 0 Å². The molecule has 1 spiro atoms. The predicted octanol–water partition coefficient (Wildman–Crippen LogP) is 3.20. The Balaban J connectivity index is 1.68. The van der Waals surface area contributed by atoms with Crippen LogP contribution in [0, 0.1) is 5.41 Å². The molecule has 0 aromatic heterocycles. The maximum Gasteiger partial charge on any atom is 0.0152 e. The molecule has 1 nitrogen and oxygen atoms in total. The van der Waals surface area contributed by atoms with E-state index in [0.717, 1.165) is 11.5 Å². The summed E-state index contributed by atoms with van der Waals surface area (Å²) in [6, 6.07) is 1.00. The average Bonchev–Trinajstić information content (AvgIpc) is 2.71. The summed E-state index contributed by atoms with van der Waals surface area (Å²) in [6.45, 7) is 2.82. The van der Waals surface area contributed by atoms with E-state index in [9.17, 15) is 0 Å². The predicted molar refractivity (Wildman–Crippen MR) is 59.3 cm³/mol. The van der Waals surface area contributed by atoms with Crippen LogP contribution in [0.3, 0.4) is 0 Å². The van der Waals surface area contributed by atoms with Crippen LogP contribution in [-0.2, 0) is 0 Å². The van der Waals surface area contributed by atoms with Crippen molar-refractivity contribution in [3.05, 3.63) is 0 Å². The third-order valence-corrected chi connectivity index (χ3v) is 5.05. The third kappa shape index (κ3) is 1.32. The molecule has 1 saturated heterocycles. The van der Waals surface area contributed by atoms with Crippen molar-refractivity contribution in [1.29, 1.82) is 0 Å². The maximum atomic E-state index is 2.81. The molecule has 1 aliphatic heterocycles. The standard InChI is InChI=1S/C13H23N/c1-2-7-13(8-3-1)9-6-12(13)14-10-4-5-11-14/h12H,1-11H2. The van der Waals surface area contributed by atoms with Gasteiger partial charge in [-0.05, 0) is 57.0 Å². The first-order valence-electron chi connectivity index (χ1n) is 6.65. The van der Waals surface area contributed by atoms with Gasteiger partial charge in [-0.3, -0.25) is 4.90 Å². The Bertz CT molecular complexity index is 199. The van der Waals surface area contributed by atoms with Crippen molar-refractivity contribution in [2.24, 2.45) is 5.41 Å². The van der Waals surface area contributed by atoms with E-state index in [1.54, 1.807) is 19.3 Å². The summed E-state index contributed by atoms with van der Waals surface area (Å²) in [7, 11) is 0. The lowest BCUT2D eigenvalue weighted by Crippen LogP contribution is -2.55. The highest BCUT2D eigenvalue weighted by Crippen LogP contribution is 2.54. The molecule has 1 heteroatoms. The molecule has 1 heterocycles. The molecule has 0 aromatic carbocycles. The number of rotatable bonds is 1. The van der Waals surface area contributed by atoms with Crippen LogP contribution in [0.15, 0.2) is 0 Å². The van der Waals surface area contributed by atoms with E-state index in [-0.39, 0.29) is 0 Å². The summed E-state index contributed by atoms with van der Waals surface area (Å²) >= 11 is 0. The molecule has 14 heavy (non-hydrogen) atoms. The van der Waals surface area contributed by atoms with Crippen molar-refractivity contribution in [2.45, 2.75) is 63.8 Å². The highest BCUT2D eigenvalue weighted by molar-refractivity contribution is 5.03. The molecule has 0 bridgehead atoms. The summed E-state index contributed by atoms with van der Waals surface area (Å²) in [6.07, 6.45) is 13.6. The number of hydrogen-bond acceptors (Lipinski definition) is 1. The Morgan fingerprint density at radius 3 is 2.07 bits per heavy atom. The quantitative estimate of drug-likeness (QED) is 0.618. The first-order chi connectivity index (χ1) is 6.91. The van der Waals surface area contributed by atoms with E-state index in [1.165, 1.54) is 51.6 Å². The zero-order valence-electron chi connectivity index (χ0n) is 9.30. The van der Waals surface area contributed by atoms with Gasteiger partial charge in [0.1, 0.15) is 0 Å². The van der Waals surface area contributed by atoms with Crippen molar-refractivity contribution in [1.82, 2.24) is 4.90 Å². The first kappa shape index (κ1) is 9.21. The SMILES string of the molecule is C1CCC2(CC1)CCC2N1CCCC1. The third-order valence-electron chi connectivity index (χ3n) is 5.05. The van der Waals surface area contributed by atoms with Crippen molar-refractivity contribution in [2.75, 3.05) is 13.1 Å². The topological polar surface area (TPSA) is 3.24 Å². The zero-order valence-corrected chi connectivity index (χ0v) is 9.30. The second-order valence-corrected chi connectivity index (χ2v) is 5.72. The Hall–Kier alpha value is -0.0400. The normalized spacial score (nSPS) is 37.3. The Morgan fingerprint density at radius 2 is 1.50 bits per heavy atom. The highest BCUT2D eigenvalue weighted by atomic mass is 15.2. The Morgan fingerprint density at radius 1 is 0.786 bits per heavy atom. The van der Waals surface area contributed by atoms with Gasteiger partial charge in [0.25, 0.3) is 0 Å². The van der Waals surface area contributed by atoms with E-state index in [2.05, 4.69) is 4.90 Å². The van der Waals surface area contributed by atoms with Gasteiger partial charge < -0.3 is 0 Å². The highest BCUT2D eigenvalue weighted by Gasteiger charge is 2.49. The minimum Gasteiger partial charge on any atom is -0.300 e. The summed E-state index contributed by atoms with van der Waals surface area (Å²) in [5.74, 6) is 0. The zero-order chi connectivity index (χ0) is 9.43. The fourth-order valence-corrected chi connectivity index (χ4v) is 4.14. The van der Waals surface area contributed by atoms with Crippen molar-refractivity contribution in [3.8, 4) is 0 Å². The van der Waals surface area contributed by atoms with Gasteiger partial charge in [-0.25, -0.2) is 0 Å². The maximum absolute atomic E-state index is 2.81. The number of likely N-dealkylation sites (tertiary alicyclic amines) is 1. The van der Waals surface area contributed by atoms with Crippen LogP contribution in [0.2, 0.25) is 0 Å². The second-order valence-electron chi connectivity index (χ2n) is 5.72. The largest absolute Gasteiger partial charge is 0.300 e. The number of nitrogens with zero attached hydrogens (tertiary/aromatic N) is 1. The molecule has 2 aliphatic carbocycles. The molecule has 2 saturated carbocycles. The molecule has 1 unspecified atom stereocenters. The summed E-state index contributed by atoms with van der Waals surface area (Å²) in [4.78, 5) is 2.81. The van der Waals surface area contributed by atoms with Crippen LogP contribution < -0.4 is 0 Å². The van der Waals surface area contributed by atoms with Crippen LogP contribution in [0.1, 0.15) is 57.8 Å². The smallest absolute Gasteiger partial charge is 0.0152 e. The molecule has 0 amide bonds. The summed E-state index contributed by atoms with van der Waals surface area (Å²) in [5, 5.41) is 0. The fourth-order valence-electron chi connectivity index (χ4n) is 4.14. The van der Waals surface area contributed by atoms with Gasteiger partial charge in [-0.2, -0.15) is 0 Å². The fraction of sp³-hybridized carbons (Fsp3) is 1.00. The van der Waals surface area contributed by atoms with Gasteiger partial charge in [-0.1, -0.05) is 19.3 Å². The van der Waals surface area contributed by atoms with Crippen molar-refractivity contribution >= 4 is 0 Å². The van der Waals surface area contributed by atoms with Gasteiger partial charge in [0.05, 0.1) is 0 Å². The molecule has 80 valence electrons. The monoisotopic (exact) mass is 193 g/mol. The minimum absolute atomic E-state index is 0.808. The van der Waals surface area contributed by atoms with E-state index in [1.807, 2.05) is 0 Å². The average molecular weight is 193 g/mol. The molecular formula is C13H23N. The molecule has 3 rings (SSSR count). The van der Waals surface area contributed by atoms with Gasteiger partial charge in [0.2, 0.25) is 0 Å². The Labute approximate surface area is 87.9 Å². The lowest BCUT2D eigenvalue weighted by molar-refractivity contribution is -0.0430. The van der Waals surface area contributed by atoms with Gasteiger partial charge in [0, 0.05) is 6.04 Å². The van der Waals surface area contributed by atoms with E-state index < -0.39 is 0 Å². The molecule has 0 N–H and O–H groups in total. The number of hydrogen-bond donors (Lipinski definition) is 0. The second kappa shape index (κ2) is 3.52. The van der Waals surface area contributed by atoms with Crippen molar-refractivity contribution in [3.63, 3.8) is 0 Å². The molecule has 0 radical (unpaired) electrons. The van der Waals surface area contributed by atoms with Crippen LogP contribution in [0.4, 0.5) is 0 Å². The molecule has 3 aliphatic rings. The van der Waals surface area contributed by atoms with Crippen LogP contribution in [0.25, 0.3) is 0 Å². The molecule has 1 atom stereocenters. The van der Waals surface area contributed by atoms with E-state index in [0.29, 0.717) is 0 Å². The Kier molecular flexibility index (Phi) is 2.31. The van der Waals surface area contributed by atoms with Crippen LogP contribution >= 0.6 is 0 Å². The van der Waals surface area contributed by atoms with Gasteiger partial charge >= 0.3 is 0 Å². The lowest BCUT2D eigenvalue weighted by Gasteiger charge is -2.55. The molecule has 0 aromatic rings. The van der Waals surface area contributed by atoms with Gasteiger partial charge in [-0.15, -0.1) is 0 Å². The molecular weight excluding hydrogens is 170 g/mol. The molecule has 3 fully saturated rings.